The van der Waals surface area contributed by atoms with Gasteiger partial charge >= 0.3 is 0 Å². The predicted molar refractivity (Wildman–Crippen MR) is 126 cm³/mol. The topological polar surface area (TPSA) is 99.7 Å². The fourth-order valence-electron chi connectivity index (χ4n) is 4.35. The van der Waals surface area contributed by atoms with Crippen LogP contribution in [0.2, 0.25) is 4.34 Å². The zero-order valence-electron chi connectivity index (χ0n) is 17.4. The summed E-state index contributed by atoms with van der Waals surface area (Å²) >= 11 is 8.19. The number of carbonyl (C=O) groups excluding carboxylic acids is 2. The first-order valence-electron chi connectivity index (χ1n) is 10.6. The SMILES string of the molecule is O=C(Nc1nccs1)C(CC1CCCCC1)N1CCN(S(=O)(=O)c2ccc(Cl)s2)CC1=O. The molecule has 2 amide bonds. The molecule has 0 spiro atoms. The van der Waals surface area contributed by atoms with Gasteiger partial charge in [-0.1, -0.05) is 43.7 Å². The molecule has 2 fully saturated rings. The molecule has 12 heteroatoms. The van der Waals surface area contributed by atoms with Crippen LogP contribution in [-0.2, 0) is 19.6 Å². The van der Waals surface area contributed by atoms with E-state index in [1.165, 1.54) is 34.2 Å². The quantitative estimate of drug-likeness (QED) is 0.605. The number of sulfonamides is 1. The first kappa shape index (κ1) is 23.6. The van der Waals surface area contributed by atoms with Crippen LogP contribution in [0.5, 0.6) is 0 Å². The van der Waals surface area contributed by atoms with E-state index in [0.717, 1.165) is 37.0 Å². The van der Waals surface area contributed by atoms with Crippen LogP contribution in [0.15, 0.2) is 27.9 Å². The summed E-state index contributed by atoms with van der Waals surface area (Å²) in [7, 11) is -3.80. The minimum absolute atomic E-state index is 0.115. The normalized spacial score (nSPS) is 19.8. The molecule has 2 aliphatic rings. The highest BCUT2D eigenvalue weighted by molar-refractivity contribution is 7.91. The van der Waals surface area contributed by atoms with Gasteiger partial charge in [-0.15, -0.1) is 22.7 Å². The van der Waals surface area contributed by atoms with Crippen molar-refractivity contribution in [1.82, 2.24) is 14.2 Å². The fraction of sp³-hybridized carbons (Fsp3) is 0.550. The summed E-state index contributed by atoms with van der Waals surface area (Å²) in [6.07, 6.45) is 7.75. The number of halogens is 1. The minimum atomic E-state index is -3.80. The van der Waals surface area contributed by atoms with E-state index in [1.807, 2.05) is 0 Å². The zero-order valence-corrected chi connectivity index (χ0v) is 20.6. The van der Waals surface area contributed by atoms with E-state index in [0.29, 0.717) is 21.8 Å². The Morgan fingerprint density at radius 3 is 2.66 bits per heavy atom. The number of thiazole rings is 1. The first-order chi connectivity index (χ1) is 15.3. The maximum Gasteiger partial charge on any atom is 0.253 e. The largest absolute Gasteiger partial charge is 0.328 e. The van der Waals surface area contributed by atoms with E-state index in [4.69, 9.17) is 11.6 Å². The van der Waals surface area contributed by atoms with Gasteiger partial charge in [-0.05, 0) is 24.5 Å². The lowest BCUT2D eigenvalue weighted by Gasteiger charge is -2.39. The number of aromatic nitrogens is 1. The molecule has 2 aromatic rings. The van der Waals surface area contributed by atoms with Crippen molar-refractivity contribution in [3.8, 4) is 0 Å². The van der Waals surface area contributed by atoms with Crippen LogP contribution in [-0.4, -0.2) is 60.1 Å². The molecule has 4 rings (SSSR count). The molecule has 174 valence electrons. The van der Waals surface area contributed by atoms with Crippen molar-refractivity contribution in [3.05, 3.63) is 28.0 Å². The molecular weight excluding hydrogens is 492 g/mol. The van der Waals surface area contributed by atoms with E-state index in [-0.39, 0.29) is 35.7 Å². The number of rotatable bonds is 7. The van der Waals surface area contributed by atoms with Gasteiger partial charge in [0.2, 0.25) is 11.8 Å². The van der Waals surface area contributed by atoms with Crippen molar-refractivity contribution in [2.24, 2.45) is 5.92 Å². The van der Waals surface area contributed by atoms with Gasteiger partial charge in [-0.3, -0.25) is 9.59 Å². The molecule has 0 bridgehead atoms. The molecule has 2 aromatic heterocycles. The number of anilines is 1. The maximum absolute atomic E-state index is 13.1. The summed E-state index contributed by atoms with van der Waals surface area (Å²) in [4.78, 5) is 31.9. The Balaban J connectivity index is 1.49. The van der Waals surface area contributed by atoms with Gasteiger partial charge in [0.05, 0.1) is 10.9 Å². The van der Waals surface area contributed by atoms with Crippen LogP contribution < -0.4 is 5.32 Å². The molecule has 1 unspecified atom stereocenters. The second-order valence-corrected chi connectivity index (χ2v) is 12.8. The van der Waals surface area contributed by atoms with Gasteiger partial charge in [-0.2, -0.15) is 4.31 Å². The predicted octanol–water partition coefficient (Wildman–Crippen LogP) is 3.67. The van der Waals surface area contributed by atoms with Crippen molar-refractivity contribution in [3.63, 3.8) is 0 Å². The van der Waals surface area contributed by atoms with E-state index in [2.05, 4.69) is 10.3 Å². The number of thiophene rings is 1. The van der Waals surface area contributed by atoms with Crippen LogP contribution in [0.25, 0.3) is 0 Å². The highest BCUT2D eigenvalue weighted by Gasteiger charge is 2.39. The Kier molecular flexibility index (Phi) is 7.51. The van der Waals surface area contributed by atoms with Gasteiger partial charge in [-0.25, -0.2) is 13.4 Å². The lowest BCUT2D eigenvalue weighted by atomic mass is 9.84. The Morgan fingerprint density at radius 2 is 2.03 bits per heavy atom. The number of hydrogen-bond acceptors (Lipinski definition) is 7. The van der Waals surface area contributed by atoms with E-state index < -0.39 is 16.1 Å². The lowest BCUT2D eigenvalue weighted by Crippen LogP contribution is -2.58. The van der Waals surface area contributed by atoms with Gasteiger partial charge in [0.25, 0.3) is 10.0 Å². The molecular formula is C20H25ClN4O4S3. The summed E-state index contributed by atoms with van der Waals surface area (Å²) in [6.45, 7) is 0.0126. The Labute approximate surface area is 200 Å². The third-order valence-electron chi connectivity index (χ3n) is 5.99. The molecule has 1 aliphatic carbocycles. The summed E-state index contributed by atoms with van der Waals surface area (Å²) < 4.78 is 27.5. The van der Waals surface area contributed by atoms with Crippen molar-refractivity contribution >= 4 is 61.2 Å². The molecule has 0 aromatic carbocycles. The monoisotopic (exact) mass is 516 g/mol. The molecule has 32 heavy (non-hydrogen) atoms. The third kappa shape index (κ3) is 5.33. The molecule has 1 saturated carbocycles. The number of hydrogen-bond donors (Lipinski definition) is 1. The van der Waals surface area contributed by atoms with E-state index in [1.54, 1.807) is 16.5 Å². The van der Waals surface area contributed by atoms with Crippen LogP contribution >= 0.6 is 34.3 Å². The zero-order chi connectivity index (χ0) is 22.7. The van der Waals surface area contributed by atoms with Crippen LogP contribution in [0, 0.1) is 5.92 Å². The number of nitrogens with one attached hydrogen (secondary N) is 1. The fourth-order valence-corrected chi connectivity index (χ4v) is 7.90. The number of nitrogens with zero attached hydrogens (tertiary/aromatic N) is 3. The second-order valence-electron chi connectivity index (χ2n) is 8.07. The number of piperazine rings is 1. The van der Waals surface area contributed by atoms with Gasteiger partial charge in [0.15, 0.2) is 5.13 Å². The van der Waals surface area contributed by atoms with Crippen LogP contribution in [0.4, 0.5) is 5.13 Å². The Bertz CT molecular complexity index is 1050. The second kappa shape index (κ2) is 10.2. The molecule has 1 atom stereocenters. The molecule has 1 N–H and O–H groups in total. The van der Waals surface area contributed by atoms with Crippen molar-refractivity contribution in [1.29, 1.82) is 0 Å². The lowest BCUT2D eigenvalue weighted by molar-refractivity contribution is -0.142. The third-order valence-corrected chi connectivity index (χ3v) is 10.2. The first-order valence-corrected chi connectivity index (χ1v) is 14.1. The van der Waals surface area contributed by atoms with Crippen molar-refractivity contribution in [2.75, 3.05) is 25.0 Å². The molecule has 1 saturated heterocycles. The van der Waals surface area contributed by atoms with E-state index in [9.17, 15) is 18.0 Å². The molecule has 8 nitrogen and oxygen atoms in total. The molecule has 0 radical (unpaired) electrons. The highest BCUT2D eigenvalue weighted by Crippen LogP contribution is 2.31. The summed E-state index contributed by atoms with van der Waals surface area (Å²) in [5.41, 5.74) is 0. The maximum atomic E-state index is 13.1. The summed E-state index contributed by atoms with van der Waals surface area (Å²) in [5.74, 6) is -0.253. The van der Waals surface area contributed by atoms with Crippen molar-refractivity contribution < 1.29 is 18.0 Å². The average molecular weight is 517 g/mol. The van der Waals surface area contributed by atoms with Crippen molar-refractivity contribution in [2.45, 2.75) is 48.8 Å². The highest BCUT2D eigenvalue weighted by atomic mass is 35.5. The smallest absolute Gasteiger partial charge is 0.253 e. The molecule has 1 aliphatic heterocycles. The standard InChI is InChI=1S/C20H25ClN4O4S3/c21-16-6-7-18(31-16)32(28,29)24-9-10-25(17(26)13-24)15(12-14-4-2-1-3-5-14)19(27)23-20-22-8-11-30-20/h6-8,11,14-15H,1-5,9-10,12-13H2,(H,22,23,27). The van der Waals surface area contributed by atoms with E-state index >= 15 is 0 Å². The Morgan fingerprint density at radius 1 is 1.25 bits per heavy atom. The number of amides is 2. The summed E-state index contributed by atoms with van der Waals surface area (Å²) in [6, 6.07) is 2.34. The van der Waals surface area contributed by atoms with Gasteiger partial charge in [0.1, 0.15) is 10.3 Å². The Hall–Kier alpha value is -1.53. The van der Waals surface area contributed by atoms with Gasteiger partial charge < -0.3 is 10.2 Å². The minimum Gasteiger partial charge on any atom is -0.328 e. The van der Waals surface area contributed by atoms with Crippen LogP contribution in [0.1, 0.15) is 38.5 Å². The average Bonchev–Trinajstić information content (AvgIpc) is 3.45. The number of carbonyl (C=O) groups is 2. The summed E-state index contributed by atoms with van der Waals surface area (Å²) in [5, 5.41) is 5.10. The van der Waals surface area contributed by atoms with Gasteiger partial charge in [0, 0.05) is 24.7 Å². The van der Waals surface area contributed by atoms with Crippen LogP contribution in [0.3, 0.4) is 0 Å². The molecule has 3 heterocycles.